The summed E-state index contributed by atoms with van der Waals surface area (Å²) in [7, 11) is 3.07. The van der Waals surface area contributed by atoms with Gasteiger partial charge in [-0.25, -0.2) is 9.79 Å². The van der Waals surface area contributed by atoms with Gasteiger partial charge in [0.15, 0.2) is 10.9 Å². The fourth-order valence-electron chi connectivity index (χ4n) is 2.60. The Labute approximate surface area is 181 Å². The highest BCUT2D eigenvalue weighted by molar-refractivity contribution is 7.14. The molecule has 0 N–H and O–H groups in total. The third-order valence-corrected chi connectivity index (χ3v) is 5.31. The van der Waals surface area contributed by atoms with Crippen molar-refractivity contribution in [2.75, 3.05) is 14.2 Å². The van der Waals surface area contributed by atoms with Crippen LogP contribution in [0.3, 0.4) is 0 Å². The molecule has 9 heteroatoms. The van der Waals surface area contributed by atoms with Crippen LogP contribution < -0.4 is 14.2 Å². The highest BCUT2D eigenvalue weighted by Gasteiger charge is 2.26. The van der Waals surface area contributed by atoms with Crippen molar-refractivity contribution in [3.8, 4) is 22.4 Å². The number of ether oxygens (including phenoxy) is 4. The number of halogens is 1. The second-order valence-electron chi connectivity index (χ2n) is 5.99. The zero-order chi connectivity index (χ0) is 21.1. The van der Waals surface area contributed by atoms with Crippen LogP contribution >= 0.6 is 22.9 Å². The zero-order valence-corrected chi connectivity index (χ0v) is 17.5. The molecular weight excluding hydrogens is 428 g/mol. The van der Waals surface area contributed by atoms with Gasteiger partial charge in [0.05, 0.1) is 19.1 Å². The minimum absolute atomic E-state index is 0.101. The van der Waals surface area contributed by atoms with Gasteiger partial charge in [-0.15, -0.1) is 0 Å². The standard InChI is InChI=1S/C21H15ClN2O5S/c1-26-14-8-12(9-15(10-14)27-2)19-23-16(20(25)29-19)11-17-18(22)24-21(30-17)28-13-6-4-3-5-7-13/h3-11H,1-2H3/b16-11+. The van der Waals surface area contributed by atoms with Crippen molar-refractivity contribution in [1.29, 1.82) is 0 Å². The van der Waals surface area contributed by atoms with E-state index >= 15 is 0 Å². The predicted octanol–water partition coefficient (Wildman–Crippen LogP) is 4.95. The summed E-state index contributed by atoms with van der Waals surface area (Å²) in [5, 5.41) is 0.559. The number of hydrogen-bond acceptors (Lipinski definition) is 8. The van der Waals surface area contributed by atoms with E-state index in [1.54, 1.807) is 30.3 Å². The summed E-state index contributed by atoms with van der Waals surface area (Å²) in [5.41, 5.74) is 0.648. The summed E-state index contributed by atoms with van der Waals surface area (Å²) < 4.78 is 21.5. The second-order valence-corrected chi connectivity index (χ2v) is 7.34. The maximum atomic E-state index is 12.3. The molecule has 3 aromatic rings. The van der Waals surface area contributed by atoms with E-state index in [4.69, 9.17) is 30.5 Å². The second kappa shape index (κ2) is 8.56. The van der Waals surface area contributed by atoms with Crippen LogP contribution in [0.15, 0.2) is 59.2 Å². The van der Waals surface area contributed by atoms with E-state index in [1.807, 2.05) is 18.2 Å². The van der Waals surface area contributed by atoms with Crippen LogP contribution in [0, 0.1) is 0 Å². The van der Waals surface area contributed by atoms with E-state index in [1.165, 1.54) is 31.6 Å². The van der Waals surface area contributed by atoms with E-state index in [9.17, 15) is 4.79 Å². The van der Waals surface area contributed by atoms with E-state index < -0.39 is 5.97 Å². The first-order valence-corrected chi connectivity index (χ1v) is 9.90. The number of nitrogens with zero attached hydrogens (tertiary/aromatic N) is 2. The summed E-state index contributed by atoms with van der Waals surface area (Å²) in [5.74, 6) is 1.28. The van der Waals surface area contributed by atoms with Gasteiger partial charge in [0.25, 0.3) is 5.19 Å². The molecule has 2 heterocycles. The minimum Gasteiger partial charge on any atom is -0.497 e. The molecule has 0 spiro atoms. The number of carbonyl (C=O) groups is 1. The van der Waals surface area contributed by atoms with Gasteiger partial charge >= 0.3 is 5.97 Å². The average Bonchev–Trinajstić information content (AvgIpc) is 3.30. The van der Waals surface area contributed by atoms with Gasteiger partial charge in [0, 0.05) is 11.6 Å². The lowest BCUT2D eigenvalue weighted by Crippen LogP contribution is -2.06. The van der Waals surface area contributed by atoms with Crippen molar-refractivity contribution >= 4 is 40.9 Å². The van der Waals surface area contributed by atoms with Crippen LogP contribution in [0.2, 0.25) is 5.15 Å². The van der Waals surface area contributed by atoms with E-state index in [-0.39, 0.29) is 16.7 Å². The molecule has 0 fully saturated rings. The first-order valence-electron chi connectivity index (χ1n) is 8.71. The number of rotatable bonds is 6. The Hall–Kier alpha value is -3.36. The van der Waals surface area contributed by atoms with Gasteiger partial charge < -0.3 is 18.9 Å². The lowest BCUT2D eigenvalue weighted by Gasteiger charge is -2.07. The Morgan fingerprint density at radius 3 is 2.40 bits per heavy atom. The monoisotopic (exact) mass is 442 g/mol. The van der Waals surface area contributed by atoms with Crippen LogP contribution in [-0.2, 0) is 9.53 Å². The fraction of sp³-hybridized carbons (Fsp3) is 0.0952. The number of hydrogen-bond donors (Lipinski definition) is 0. The summed E-state index contributed by atoms with van der Waals surface area (Å²) >= 11 is 7.40. The van der Waals surface area contributed by atoms with Gasteiger partial charge in [0.1, 0.15) is 17.2 Å². The number of para-hydroxylation sites is 1. The topological polar surface area (TPSA) is 79.2 Å². The normalized spacial score (nSPS) is 14.4. The first-order chi connectivity index (χ1) is 14.6. The van der Waals surface area contributed by atoms with Gasteiger partial charge in [-0.05, 0) is 30.3 Å². The van der Waals surface area contributed by atoms with Crippen molar-refractivity contribution in [1.82, 2.24) is 4.98 Å². The molecule has 1 aliphatic rings. The Balaban J connectivity index is 1.62. The molecule has 0 amide bonds. The third-order valence-electron chi connectivity index (χ3n) is 4.03. The molecule has 7 nitrogen and oxygen atoms in total. The molecule has 0 saturated heterocycles. The molecular formula is C21H15ClN2O5S. The molecule has 0 atom stereocenters. The molecule has 0 radical (unpaired) electrons. The summed E-state index contributed by atoms with van der Waals surface area (Å²) in [6.07, 6.45) is 1.52. The number of carbonyl (C=O) groups excluding carboxylic acids is 1. The highest BCUT2D eigenvalue weighted by Crippen LogP contribution is 2.34. The van der Waals surface area contributed by atoms with Crippen molar-refractivity contribution in [3.63, 3.8) is 0 Å². The summed E-state index contributed by atoms with van der Waals surface area (Å²) in [6.45, 7) is 0. The van der Waals surface area contributed by atoms with Crippen molar-refractivity contribution in [2.45, 2.75) is 0 Å². The van der Waals surface area contributed by atoms with E-state index in [0.717, 1.165) is 0 Å². The van der Waals surface area contributed by atoms with Crippen molar-refractivity contribution < 1.29 is 23.7 Å². The van der Waals surface area contributed by atoms with Crippen LogP contribution in [-0.4, -0.2) is 31.1 Å². The smallest absolute Gasteiger partial charge is 0.363 e. The molecule has 0 unspecified atom stereocenters. The quantitative estimate of drug-likeness (QED) is 0.397. The molecule has 1 aromatic heterocycles. The van der Waals surface area contributed by atoms with Crippen LogP contribution in [0.25, 0.3) is 6.08 Å². The van der Waals surface area contributed by atoms with E-state index in [2.05, 4.69) is 9.98 Å². The zero-order valence-electron chi connectivity index (χ0n) is 15.9. The lowest BCUT2D eigenvalue weighted by molar-refractivity contribution is -0.129. The van der Waals surface area contributed by atoms with Gasteiger partial charge in [-0.2, -0.15) is 4.98 Å². The average molecular weight is 443 g/mol. The Bertz CT molecular complexity index is 1140. The van der Waals surface area contributed by atoms with E-state index in [0.29, 0.717) is 32.9 Å². The SMILES string of the molecule is COc1cc(OC)cc(C2=N/C(=C/c3sc(Oc4ccccc4)nc3Cl)C(=O)O2)c1. The fourth-order valence-corrected chi connectivity index (χ4v) is 3.66. The molecule has 0 bridgehead atoms. The predicted molar refractivity (Wildman–Crippen MR) is 114 cm³/mol. The molecule has 1 aliphatic heterocycles. The number of methoxy groups -OCH3 is 2. The number of cyclic esters (lactones) is 1. The molecule has 0 aliphatic carbocycles. The molecule has 0 saturated carbocycles. The van der Waals surface area contributed by atoms with Crippen LogP contribution in [0.4, 0.5) is 0 Å². The number of benzene rings is 2. The van der Waals surface area contributed by atoms with Crippen molar-refractivity contribution in [3.05, 3.63) is 69.8 Å². The third kappa shape index (κ3) is 4.29. The molecule has 2 aromatic carbocycles. The molecule has 4 rings (SSSR count). The van der Waals surface area contributed by atoms with Gasteiger partial charge in [0.2, 0.25) is 5.90 Å². The minimum atomic E-state index is -0.596. The Morgan fingerprint density at radius 2 is 1.73 bits per heavy atom. The number of aliphatic imine (C=N–C) groups is 1. The lowest BCUT2D eigenvalue weighted by atomic mass is 10.2. The Morgan fingerprint density at radius 1 is 1.03 bits per heavy atom. The number of thiazole rings is 1. The van der Waals surface area contributed by atoms with Crippen LogP contribution in [0.5, 0.6) is 22.4 Å². The number of esters is 1. The highest BCUT2D eigenvalue weighted by atomic mass is 35.5. The van der Waals surface area contributed by atoms with Gasteiger partial charge in [-0.1, -0.05) is 41.1 Å². The summed E-state index contributed by atoms with van der Waals surface area (Å²) in [6, 6.07) is 14.3. The first kappa shape index (κ1) is 19.9. The maximum absolute atomic E-state index is 12.3. The molecule has 30 heavy (non-hydrogen) atoms. The van der Waals surface area contributed by atoms with Crippen molar-refractivity contribution in [2.24, 2.45) is 4.99 Å². The Kier molecular flexibility index (Phi) is 5.69. The van der Waals surface area contributed by atoms with Gasteiger partial charge in [-0.3, -0.25) is 0 Å². The van der Waals surface area contributed by atoms with Crippen LogP contribution in [0.1, 0.15) is 10.4 Å². The summed E-state index contributed by atoms with van der Waals surface area (Å²) in [4.78, 5) is 21.3. The number of aromatic nitrogens is 1. The largest absolute Gasteiger partial charge is 0.497 e. The molecule has 152 valence electrons. The maximum Gasteiger partial charge on any atom is 0.363 e.